The maximum Gasteiger partial charge on any atom is 0.308 e. The van der Waals surface area contributed by atoms with Crippen molar-refractivity contribution in [3.8, 4) is 0 Å². The molecule has 2 fully saturated rings. The van der Waals surface area contributed by atoms with Crippen molar-refractivity contribution in [2.24, 2.45) is 11.8 Å². The second-order valence-electron chi connectivity index (χ2n) is 16.3. The molecule has 3 heterocycles. The summed E-state index contributed by atoms with van der Waals surface area (Å²) in [4.78, 5) is 52.1. The summed E-state index contributed by atoms with van der Waals surface area (Å²) < 4.78 is 48.8. The van der Waals surface area contributed by atoms with Gasteiger partial charge < -0.3 is 68.4 Å². The van der Waals surface area contributed by atoms with Gasteiger partial charge in [0.15, 0.2) is 24.3 Å². The fourth-order valence-electron chi connectivity index (χ4n) is 8.07. The Kier molecular flexibility index (Phi) is 21.8. The van der Waals surface area contributed by atoms with E-state index in [0.29, 0.717) is 19.1 Å². The average Bonchev–Trinajstić information content (AvgIpc) is 3.13. The summed E-state index contributed by atoms with van der Waals surface area (Å²) in [6.07, 6.45) is -3.49. The third kappa shape index (κ3) is 14.6. The van der Waals surface area contributed by atoms with E-state index in [1.165, 1.54) is 7.11 Å². The maximum atomic E-state index is 12.9. The minimum atomic E-state index is -1.45. The van der Waals surface area contributed by atoms with Gasteiger partial charge in [0.25, 0.3) is 0 Å². The number of rotatable bonds is 13. The normalized spacial score (nSPS) is 39.9. The van der Waals surface area contributed by atoms with Crippen molar-refractivity contribution in [1.29, 1.82) is 0 Å². The number of esters is 3. The van der Waals surface area contributed by atoms with Crippen molar-refractivity contribution in [1.82, 2.24) is 4.90 Å². The fourth-order valence-corrected chi connectivity index (χ4v) is 8.07. The number of likely N-dealkylation sites (N-methyl/N-ethyl adjacent to an activating group) is 1. The van der Waals surface area contributed by atoms with Gasteiger partial charge in [0.1, 0.15) is 30.7 Å². The largest absolute Gasteiger partial charge is 0.462 e. The van der Waals surface area contributed by atoms with E-state index in [2.05, 4.69) is 0 Å². The highest BCUT2D eigenvalue weighted by Gasteiger charge is 2.54. The van der Waals surface area contributed by atoms with Gasteiger partial charge >= 0.3 is 17.9 Å². The number of cyclic esters (lactones) is 1. The number of methoxy groups -OCH3 is 1. The summed E-state index contributed by atoms with van der Waals surface area (Å²) in [6.45, 7) is 12.2. The zero-order chi connectivity index (χ0) is 43.3. The van der Waals surface area contributed by atoms with Crippen LogP contribution in [0.1, 0.15) is 99.8 Å². The molecule has 0 aliphatic carbocycles. The Morgan fingerprint density at radius 3 is 2.29 bits per heavy atom. The van der Waals surface area contributed by atoms with Crippen molar-refractivity contribution in [2.45, 2.75) is 185 Å². The van der Waals surface area contributed by atoms with Crippen LogP contribution in [0, 0.1) is 11.8 Å². The summed E-state index contributed by atoms with van der Waals surface area (Å²) in [6, 6.07) is -0.783. The van der Waals surface area contributed by atoms with Crippen LogP contribution in [0.3, 0.4) is 0 Å². The van der Waals surface area contributed by atoms with Crippen LogP contribution in [0.5, 0.6) is 0 Å². The molecule has 0 radical (unpaired) electrons. The summed E-state index contributed by atoms with van der Waals surface area (Å²) in [5.74, 6) is -2.64. The number of nitrogens with zero attached hydrogens (tertiary/aromatic N) is 1. The molecule has 0 bridgehead atoms. The highest BCUT2D eigenvalue weighted by Crippen LogP contribution is 2.39. The molecule has 0 aromatic heterocycles. The Bertz CT molecular complexity index is 1380. The Balaban J connectivity index is 0.0000120. The SMILES string of the molecule is CCCC(=O)O[C@H]1[C@H](C)OC(O[C@@H]2C(C)O[C@@H](O[C@H]3[C@@H](CC=O)C[C@@H](C)[C@H](O)/C=C/C=C/C[C@@H](C)OC(=O)C[C@@H](O)[C@@H]3OC)C(O)[C@@H]2N(C)C)C[C@@]1(C)OC(=O)CC.O. The van der Waals surface area contributed by atoms with Crippen LogP contribution < -0.4 is 0 Å². The predicted octanol–water partition coefficient (Wildman–Crippen LogP) is 2.33. The van der Waals surface area contributed by atoms with Crippen LogP contribution in [0.25, 0.3) is 0 Å². The average molecular weight is 846 g/mol. The number of carbonyl (C=O) groups excluding carboxylic acids is 4. The zero-order valence-corrected chi connectivity index (χ0v) is 36.4. The Labute approximate surface area is 348 Å². The Hall–Kier alpha value is -2.84. The molecule has 17 nitrogen and oxygen atoms in total. The van der Waals surface area contributed by atoms with Gasteiger partial charge in [0, 0.05) is 39.2 Å². The number of aliphatic hydroxyl groups excluding tert-OH is 3. The van der Waals surface area contributed by atoms with Crippen LogP contribution in [0.15, 0.2) is 24.3 Å². The van der Waals surface area contributed by atoms with E-state index in [0.717, 1.165) is 0 Å². The van der Waals surface area contributed by atoms with Crippen LogP contribution in [-0.2, 0) is 57.1 Å². The first kappa shape index (κ1) is 52.3. The number of hydrogen-bond donors (Lipinski definition) is 3. The molecular weight excluding hydrogens is 774 g/mol. The number of hydrogen-bond acceptors (Lipinski definition) is 16. The fraction of sp³-hybridized carbons (Fsp3) is 0.810. The molecule has 340 valence electrons. The first-order valence-electron chi connectivity index (χ1n) is 20.6. The van der Waals surface area contributed by atoms with Gasteiger partial charge in [-0.15, -0.1) is 0 Å². The lowest BCUT2D eigenvalue weighted by Crippen LogP contribution is -2.66. The van der Waals surface area contributed by atoms with Gasteiger partial charge in [0.05, 0.1) is 43.0 Å². The van der Waals surface area contributed by atoms with E-state index >= 15 is 0 Å². The number of ether oxygens (including phenoxy) is 8. The van der Waals surface area contributed by atoms with E-state index < -0.39 is 116 Å². The van der Waals surface area contributed by atoms with Crippen LogP contribution in [0.2, 0.25) is 0 Å². The summed E-state index contributed by atoms with van der Waals surface area (Å²) in [5.41, 5.74) is -1.30. The molecule has 0 saturated carbocycles. The van der Waals surface area contributed by atoms with Gasteiger partial charge in [-0.1, -0.05) is 45.1 Å². The summed E-state index contributed by atoms with van der Waals surface area (Å²) >= 11 is 0. The molecule has 17 heteroatoms. The highest BCUT2D eigenvalue weighted by atomic mass is 16.7. The van der Waals surface area contributed by atoms with Crippen molar-refractivity contribution in [3.63, 3.8) is 0 Å². The quantitative estimate of drug-likeness (QED) is 0.137. The Morgan fingerprint density at radius 2 is 1.68 bits per heavy atom. The van der Waals surface area contributed by atoms with E-state index in [-0.39, 0.29) is 43.5 Å². The monoisotopic (exact) mass is 845 g/mol. The molecule has 16 atom stereocenters. The van der Waals surface area contributed by atoms with Gasteiger partial charge in [-0.3, -0.25) is 14.4 Å². The third-order valence-electron chi connectivity index (χ3n) is 11.1. The molecule has 0 aromatic carbocycles. The van der Waals surface area contributed by atoms with E-state index in [4.69, 9.17) is 37.9 Å². The second-order valence-corrected chi connectivity index (χ2v) is 16.3. The molecule has 0 spiro atoms. The van der Waals surface area contributed by atoms with Crippen molar-refractivity contribution in [2.75, 3.05) is 21.2 Å². The van der Waals surface area contributed by atoms with Gasteiger partial charge in [0.2, 0.25) is 0 Å². The van der Waals surface area contributed by atoms with Gasteiger partial charge in [-0.25, -0.2) is 0 Å². The van der Waals surface area contributed by atoms with Gasteiger partial charge in [-0.2, -0.15) is 0 Å². The number of aldehydes is 1. The molecule has 0 aromatic rings. The van der Waals surface area contributed by atoms with Crippen molar-refractivity contribution < 1.29 is 77.9 Å². The van der Waals surface area contributed by atoms with Gasteiger partial charge in [-0.05, 0) is 66.5 Å². The predicted molar refractivity (Wildman–Crippen MR) is 214 cm³/mol. The first-order chi connectivity index (χ1) is 27.4. The minimum absolute atomic E-state index is 0. The lowest BCUT2D eigenvalue weighted by Gasteiger charge is -2.50. The van der Waals surface area contributed by atoms with E-state index in [1.807, 2.05) is 19.9 Å². The molecular formula is C42H71NO16. The van der Waals surface area contributed by atoms with E-state index in [9.17, 15) is 34.5 Å². The minimum Gasteiger partial charge on any atom is -0.462 e. The van der Waals surface area contributed by atoms with E-state index in [1.54, 1.807) is 71.8 Å². The third-order valence-corrected chi connectivity index (χ3v) is 11.1. The number of carbonyl (C=O) groups is 4. The lowest BCUT2D eigenvalue weighted by molar-refractivity contribution is -0.344. The van der Waals surface area contributed by atoms with Crippen molar-refractivity contribution in [3.05, 3.63) is 24.3 Å². The molecule has 3 unspecified atom stereocenters. The van der Waals surface area contributed by atoms with Crippen LogP contribution >= 0.6 is 0 Å². The Morgan fingerprint density at radius 1 is 0.983 bits per heavy atom. The summed E-state index contributed by atoms with van der Waals surface area (Å²) in [5, 5.41) is 34.5. The lowest BCUT2D eigenvalue weighted by atomic mass is 9.82. The van der Waals surface area contributed by atoms with Crippen LogP contribution in [-0.4, -0.2) is 156 Å². The molecule has 0 amide bonds. The molecule has 2 saturated heterocycles. The number of aliphatic hydroxyl groups is 3. The topological polar surface area (TPSA) is 238 Å². The molecule has 3 rings (SSSR count). The summed E-state index contributed by atoms with van der Waals surface area (Å²) in [7, 11) is 4.85. The molecule has 59 heavy (non-hydrogen) atoms. The smallest absolute Gasteiger partial charge is 0.308 e. The standard InChI is InChI=1S/C42H69NO15.H2O/c1-11-16-32(48)55-40-27(6)53-34(23-42(40,7)58-31(47)12-2)56-37-26(5)54-41(36(50)35(37)43(8)9)57-38-28(19-20-44)21-24(3)29(45)18-15-13-14-17-25(4)52-33(49)22-30(46)39(38)51-10;/h13-15,18,20,24-30,34-41,45-46,50H,11-12,16-17,19,21-23H2,1-10H3;1H2/b14-13+,18-15+;/t24-,25-,26?,27+,28+,29-,30-,34?,35+,36?,37-,38+,39+,40+,41+,42-;/m1./s1. The molecule has 3 aliphatic rings. The second kappa shape index (κ2) is 24.6. The van der Waals surface area contributed by atoms with Crippen molar-refractivity contribution >= 4 is 24.2 Å². The molecule has 3 aliphatic heterocycles. The highest BCUT2D eigenvalue weighted by molar-refractivity contribution is 5.71. The van der Waals surface area contributed by atoms with Crippen LogP contribution in [0.4, 0.5) is 0 Å². The number of allylic oxidation sites excluding steroid dienone is 2. The first-order valence-corrected chi connectivity index (χ1v) is 20.6. The molecule has 5 N–H and O–H groups in total. The zero-order valence-electron chi connectivity index (χ0n) is 36.4. The maximum absolute atomic E-state index is 12.9.